The Morgan fingerprint density at radius 2 is 2.24 bits per heavy atom. The van der Waals surface area contributed by atoms with Crippen LogP contribution in [0.5, 0.6) is 0 Å². The molecule has 2 aromatic heterocycles. The molecule has 0 aliphatic heterocycles. The van der Waals surface area contributed by atoms with Gasteiger partial charge in [0.05, 0.1) is 4.92 Å². The Balaban J connectivity index is 1.88. The minimum atomic E-state index is -0.543. The molecule has 0 atom stereocenters. The second-order valence-corrected chi connectivity index (χ2v) is 4.49. The largest absolute Gasteiger partial charge is 0.375 e. The van der Waals surface area contributed by atoms with Gasteiger partial charge in [-0.3, -0.25) is 10.1 Å². The third-order valence-corrected chi connectivity index (χ3v) is 3.16. The van der Waals surface area contributed by atoms with Gasteiger partial charge in [-0.2, -0.15) is 0 Å². The summed E-state index contributed by atoms with van der Waals surface area (Å²) in [5.74, 6) is -0.524. The number of anilines is 1. The van der Waals surface area contributed by atoms with E-state index in [-0.39, 0.29) is 11.4 Å². The van der Waals surface area contributed by atoms with Gasteiger partial charge >= 0.3 is 0 Å². The number of nitro benzene ring substituents is 1. The summed E-state index contributed by atoms with van der Waals surface area (Å²) < 4.78 is 13.3. The van der Waals surface area contributed by atoms with E-state index >= 15 is 0 Å². The first-order valence-electron chi connectivity index (χ1n) is 6.24. The van der Waals surface area contributed by atoms with E-state index in [1.807, 2.05) is 12.1 Å². The lowest BCUT2D eigenvalue weighted by Gasteiger charge is -2.06. The summed E-state index contributed by atoms with van der Waals surface area (Å²) >= 11 is 0. The minimum Gasteiger partial charge on any atom is -0.375 e. The standard InChI is InChI=1S/C14H11FN4O2/c15-10-3-4-13(19(20)21)12(6-10)17-7-9-8-18-14-11(9)2-1-5-16-14/h1-6,8,17H,7H2,(H,16,18). The average Bonchev–Trinajstić information content (AvgIpc) is 2.88. The van der Waals surface area contributed by atoms with Crippen LogP contribution in [0.25, 0.3) is 11.0 Å². The van der Waals surface area contributed by atoms with Crippen molar-refractivity contribution >= 4 is 22.4 Å². The molecule has 7 heteroatoms. The highest BCUT2D eigenvalue weighted by Gasteiger charge is 2.14. The van der Waals surface area contributed by atoms with Crippen LogP contribution >= 0.6 is 0 Å². The zero-order valence-corrected chi connectivity index (χ0v) is 10.8. The van der Waals surface area contributed by atoms with Crippen molar-refractivity contribution in [3.63, 3.8) is 0 Å². The van der Waals surface area contributed by atoms with Crippen molar-refractivity contribution in [2.45, 2.75) is 6.54 Å². The summed E-state index contributed by atoms with van der Waals surface area (Å²) in [5, 5.41) is 14.8. The van der Waals surface area contributed by atoms with Crippen LogP contribution in [0.3, 0.4) is 0 Å². The molecule has 6 nitrogen and oxygen atoms in total. The van der Waals surface area contributed by atoms with Gasteiger partial charge in [0.2, 0.25) is 0 Å². The molecule has 2 N–H and O–H groups in total. The van der Waals surface area contributed by atoms with Gasteiger partial charge in [0.25, 0.3) is 5.69 Å². The summed E-state index contributed by atoms with van der Waals surface area (Å²) in [6.45, 7) is 0.329. The lowest BCUT2D eigenvalue weighted by molar-refractivity contribution is -0.384. The Morgan fingerprint density at radius 1 is 1.38 bits per heavy atom. The number of pyridine rings is 1. The molecular weight excluding hydrogens is 275 g/mol. The van der Waals surface area contributed by atoms with Gasteiger partial charge in [0.15, 0.2) is 0 Å². The smallest absolute Gasteiger partial charge is 0.292 e. The van der Waals surface area contributed by atoms with E-state index in [4.69, 9.17) is 0 Å². The number of aromatic nitrogens is 2. The number of nitro groups is 1. The molecule has 0 fully saturated rings. The van der Waals surface area contributed by atoms with Crippen LogP contribution in [0, 0.1) is 15.9 Å². The number of nitrogens with one attached hydrogen (secondary N) is 2. The van der Waals surface area contributed by atoms with Gasteiger partial charge in [-0.1, -0.05) is 0 Å². The van der Waals surface area contributed by atoms with Crippen LogP contribution < -0.4 is 5.32 Å². The maximum atomic E-state index is 13.3. The summed E-state index contributed by atoms with van der Waals surface area (Å²) in [5.41, 5.74) is 1.63. The summed E-state index contributed by atoms with van der Waals surface area (Å²) in [4.78, 5) is 17.6. The Hall–Kier alpha value is -2.96. The summed E-state index contributed by atoms with van der Waals surface area (Å²) in [6, 6.07) is 7.04. The van der Waals surface area contributed by atoms with Gasteiger partial charge in [-0.15, -0.1) is 0 Å². The molecular formula is C14H11FN4O2. The van der Waals surface area contributed by atoms with E-state index in [0.717, 1.165) is 34.8 Å². The second-order valence-electron chi connectivity index (χ2n) is 4.49. The van der Waals surface area contributed by atoms with Crippen molar-refractivity contribution in [1.82, 2.24) is 9.97 Å². The number of fused-ring (bicyclic) bond motifs is 1. The quantitative estimate of drug-likeness (QED) is 0.569. The van der Waals surface area contributed by atoms with E-state index < -0.39 is 10.7 Å². The molecule has 3 aromatic rings. The van der Waals surface area contributed by atoms with Crippen molar-refractivity contribution in [3.8, 4) is 0 Å². The normalized spacial score (nSPS) is 10.7. The Bertz CT molecular complexity index is 816. The first-order valence-corrected chi connectivity index (χ1v) is 6.24. The fourth-order valence-corrected chi connectivity index (χ4v) is 2.16. The third-order valence-electron chi connectivity index (χ3n) is 3.16. The van der Waals surface area contributed by atoms with Crippen LogP contribution in [0.15, 0.2) is 42.7 Å². The molecule has 0 saturated carbocycles. The SMILES string of the molecule is O=[N+]([O-])c1ccc(F)cc1NCc1c[nH]c2ncccc12. The first kappa shape index (κ1) is 13.0. The molecule has 0 spiro atoms. The van der Waals surface area contributed by atoms with Crippen molar-refractivity contribution in [1.29, 1.82) is 0 Å². The highest BCUT2D eigenvalue weighted by Crippen LogP contribution is 2.26. The van der Waals surface area contributed by atoms with Crippen LogP contribution in [0.4, 0.5) is 15.8 Å². The Kier molecular flexibility index (Phi) is 3.23. The molecule has 0 aliphatic rings. The van der Waals surface area contributed by atoms with Crippen LogP contribution in [0.2, 0.25) is 0 Å². The van der Waals surface area contributed by atoms with Crippen molar-refractivity contribution in [2.75, 3.05) is 5.32 Å². The van der Waals surface area contributed by atoms with E-state index in [2.05, 4.69) is 15.3 Å². The number of nitrogens with zero attached hydrogens (tertiary/aromatic N) is 2. The van der Waals surface area contributed by atoms with E-state index in [9.17, 15) is 14.5 Å². The molecule has 0 radical (unpaired) electrons. The molecule has 0 saturated heterocycles. The number of hydrogen-bond donors (Lipinski definition) is 2. The number of H-pyrrole nitrogens is 1. The number of rotatable bonds is 4. The molecule has 1 aromatic carbocycles. The van der Waals surface area contributed by atoms with Crippen molar-refractivity contribution in [2.24, 2.45) is 0 Å². The monoisotopic (exact) mass is 286 g/mol. The molecule has 21 heavy (non-hydrogen) atoms. The minimum absolute atomic E-state index is 0.151. The maximum Gasteiger partial charge on any atom is 0.292 e. The third kappa shape index (κ3) is 2.53. The summed E-state index contributed by atoms with van der Waals surface area (Å²) in [7, 11) is 0. The number of hydrogen-bond acceptors (Lipinski definition) is 4. The molecule has 2 heterocycles. The molecule has 0 aliphatic carbocycles. The average molecular weight is 286 g/mol. The number of benzene rings is 1. The molecule has 0 bridgehead atoms. The number of aromatic amines is 1. The highest BCUT2D eigenvalue weighted by molar-refractivity contribution is 5.79. The van der Waals surface area contributed by atoms with Crippen LogP contribution in [0.1, 0.15) is 5.56 Å². The topological polar surface area (TPSA) is 83.9 Å². The predicted molar refractivity (Wildman–Crippen MR) is 76.5 cm³/mol. The lowest BCUT2D eigenvalue weighted by atomic mass is 10.2. The van der Waals surface area contributed by atoms with Crippen LogP contribution in [-0.4, -0.2) is 14.9 Å². The maximum absolute atomic E-state index is 13.3. The second kappa shape index (κ2) is 5.20. The first-order chi connectivity index (χ1) is 10.1. The highest BCUT2D eigenvalue weighted by atomic mass is 19.1. The molecule has 0 amide bonds. The Labute approximate surface area is 118 Å². The Morgan fingerprint density at radius 3 is 3.05 bits per heavy atom. The van der Waals surface area contributed by atoms with Gasteiger partial charge < -0.3 is 10.3 Å². The van der Waals surface area contributed by atoms with Crippen LogP contribution in [-0.2, 0) is 6.54 Å². The molecule has 106 valence electrons. The molecule has 3 rings (SSSR count). The zero-order chi connectivity index (χ0) is 14.8. The van der Waals surface area contributed by atoms with Crippen molar-refractivity contribution in [3.05, 3.63) is 64.2 Å². The fourth-order valence-electron chi connectivity index (χ4n) is 2.16. The van der Waals surface area contributed by atoms with Gasteiger partial charge in [-0.05, 0) is 23.8 Å². The van der Waals surface area contributed by atoms with Crippen molar-refractivity contribution < 1.29 is 9.31 Å². The van der Waals surface area contributed by atoms with Gasteiger partial charge in [0, 0.05) is 36.5 Å². The predicted octanol–water partition coefficient (Wildman–Crippen LogP) is 3.22. The lowest BCUT2D eigenvalue weighted by Crippen LogP contribution is -2.02. The van der Waals surface area contributed by atoms with E-state index in [1.54, 1.807) is 12.4 Å². The fraction of sp³-hybridized carbons (Fsp3) is 0.0714. The summed E-state index contributed by atoms with van der Waals surface area (Å²) in [6.07, 6.45) is 3.45. The van der Waals surface area contributed by atoms with E-state index in [1.165, 1.54) is 0 Å². The molecule has 0 unspecified atom stereocenters. The van der Waals surface area contributed by atoms with Gasteiger partial charge in [-0.25, -0.2) is 9.37 Å². The van der Waals surface area contributed by atoms with E-state index in [0.29, 0.717) is 6.54 Å². The number of halogens is 1. The zero-order valence-electron chi connectivity index (χ0n) is 10.8. The van der Waals surface area contributed by atoms with Gasteiger partial charge in [0.1, 0.15) is 17.2 Å².